The van der Waals surface area contributed by atoms with Gasteiger partial charge in [0.05, 0.1) is 53.6 Å². The lowest BCUT2D eigenvalue weighted by Crippen LogP contribution is -2.57. The molecule has 0 bridgehead atoms. The number of para-hydroxylation sites is 4. The van der Waals surface area contributed by atoms with Crippen LogP contribution in [0.5, 0.6) is 0 Å². The SMILES string of the molecule is [2H]C1=C([2H])C([2H])C([2H])c2c1c1c([2H])c([2H])c([2H])c([2H])c1n2-c1ccc2c(c1)N(c1c(C3=CC=CCC3)cc(C(C)(C)C)cc1-c1ccccc1)C1=C3B2C2=C(CC(n4c5ccccc5c5cc(-n6c7ccccc7c7ccccc76)ccc54)C=C2)N(c2cc(-c4ccccc4)cc(-c4ccccc4)c2)C3CC(n2c3ccc(C(C)(C)C)cc3c3cc(C(C)(C)C)ccc32)=C1. The Hall–Kier alpha value is -13.4. The van der Waals surface area contributed by atoms with Crippen LogP contribution in [-0.2, 0) is 22.6 Å². The zero-order valence-corrected chi connectivity index (χ0v) is 69.8. The molecule has 4 aromatic heterocycles. The second-order valence-corrected chi connectivity index (χ2v) is 37.0. The number of allylic oxidation sites excluding steroid dienone is 10. The first-order valence-electron chi connectivity index (χ1n) is 47.1. The lowest BCUT2D eigenvalue weighted by atomic mass is 9.30. The van der Waals surface area contributed by atoms with Gasteiger partial charge in [0.15, 0.2) is 0 Å². The molecule has 0 spiro atoms. The Morgan fingerprint density at radius 2 is 1.02 bits per heavy atom. The lowest BCUT2D eigenvalue weighted by molar-refractivity contribution is 0.589. The molecule has 13 aromatic carbocycles. The van der Waals surface area contributed by atoms with Gasteiger partial charge in [-0.3, -0.25) is 0 Å². The van der Waals surface area contributed by atoms with Crippen molar-refractivity contribution in [3.63, 3.8) is 0 Å². The van der Waals surface area contributed by atoms with E-state index in [4.69, 9.17) is 0 Å². The molecule has 6 nitrogen and oxygen atoms in total. The number of hydrogen-bond acceptors (Lipinski definition) is 2. The normalized spacial score (nSPS) is 19.0. The molecule has 23 rings (SSSR count). The summed E-state index contributed by atoms with van der Waals surface area (Å²) in [5.41, 5.74) is 29.8. The van der Waals surface area contributed by atoms with E-state index in [1.807, 2.05) is 0 Å². The first kappa shape index (κ1) is 64.6. The monoisotopic (exact) mass is 1570 g/mol. The Bertz CT molecular complexity index is 7760. The van der Waals surface area contributed by atoms with Crippen LogP contribution in [0, 0.1) is 0 Å². The van der Waals surface area contributed by atoms with Crippen molar-refractivity contribution in [2.75, 3.05) is 9.80 Å². The smallest absolute Gasteiger partial charge is 0.246 e. The van der Waals surface area contributed by atoms with E-state index in [9.17, 15) is 11.0 Å². The number of rotatable bonds is 10. The second kappa shape index (κ2) is 27.6. The van der Waals surface area contributed by atoms with Crippen LogP contribution in [0.2, 0.25) is 0 Å². The summed E-state index contributed by atoms with van der Waals surface area (Å²) >= 11 is 0. The fourth-order valence-electron chi connectivity index (χ4n) is 20.9. The average molecular weight is 1570 g/mol. The molecule has 2 aliphatic heterocycles. The van der Waals surface area contributed by atoms with Crippen LogP contribution in [0.25, 0.3) is 138 Å². The molecule has 0 saturated heterocycles. The van der Waals surface area contributed by atoms with Crippen LogP contribution < -0.4 is 15.3 Å². The molecular weight excluding hydrogens is 1460 g/mol. The van der Waals surface area contributed by atoms with Crippen molar-refractivity contribution in [2.24, 2.45) is 0 Å². The van der Waals surface area contributed by atoms with Crippen molar-refractivity contribution >= 4 is 123 Å². The van der Waals surface area contributed by atoms with E-state index in [0.29, 0.717) is 18.5 Å². The molecule has 586 valence electrons. The van der Waals surface area contributed by atoms with E-state index in [-0.39, 0.29) is 68.6 Å². The largest absolute Gasteiger partial charge is 0.339 e. The van der Waals surface area contributed by atoms with Crippen molar-refractivity contribution in [3.05, 3.63) is 389 Å². The van der Waals surface area contributed by atoms with E-state index in [1.165, 1.54) is 60.4 Å². The second-order valence-electron chi connectivity index (χ2n) is 37.0. The molecule has 0 amide bonds. The highest BCUT2D eigenvalue weighted by Crippen LogP contribution is 2.57. The number of nitrogens with zero attached hydrogens (tertiary/aromatic N) is 6. The third-order valence-electron chi connectivity index (χ3n) is 26.7. The van der Waals surface area contributed by atoms with Crippen LogP contribution in [0.15, 0.2) is 356 Å². The van der Waals surface area contributed by atoms with Crippen molar-refractivity contribution in [1.82, 2.24) is 18.3 Å². The first-order valence-corrected chi connectivity index (χ1v) is 43.0. The maximum absolute atomic E-state index is 10.2. The van der Waals surface area contributed by atoms with E-state index >= 15 is 0 Å². The van der Waals surface area contributed by atoms with Gasteiger partial charge in [-0.2, -0.15) is 0 Å². The minimum absolute atomic E-state index is 0.0546. The Kier molecular flexibility index (Phi) is 14.7. The van der Waals surface area contributed by atoms with Gasteiger partial charge in [-0.1, -0.05) is 287 Å². The number of benzene rings is 13. The van der Waals surface area contributed by atoms with Crippen LogP contribution >= 0.6 is 0 Å². The lowest BCUT2D eigenvalue weighted by Gasteiger charge is -2.52. The van der Waals surface area contributed by atoms with Gasteiger partial charge in [-0.05, 0) is 224 Å². The van der Waals surface area contributed by atoms with Crippen molar-refractivity contribution in [1.29, 1.82) is 0 Å². The van der Waals surface area contributed by atoms with E-state index in [0.717, 1.165) is 135 Å². The predicted molar refractivity (Wildman–Crippen MR) is 515 cm³/mol. The van der Waals surface area contributed by atoms with Crippen LogP contribution in [0.3, 0.4) is 0 Å². The quantitative estimate of drug-likeness (QED) is 0.128. The third kappa shape index (κ3) is 11.6. The summed E-state index contributed by atoms with van der Waals surface area (Å²) in [6.45, 7) is 20.3. The highest BCUT2D eigenvalue weighted by atomic mass is 15.2. The maximum atomic E-state index is 10.2. The zero-order chi connectivity index (χ0) is 88.4. The van der Waals surface area contributed by atoms with Gasteiger partial charge in [-0.25, -0.2) is 0 Å². The number of hydrogen-bond donors (Lipinski definition) is 0. The number of anilines is 3. The minimum Gasteiger partial charge on any atom is -0.339 e. The van der Waals surface area contributed by atoms with Gasteiger partial charge in [0, 0.05) is 127 Å². The molecule has 4 aliphatic carbocycles. The van der Waals surface area contributed by atoms with Gasteiger partial charge in [0.25, 0.3) is 0 Å². The van der Waals surface area contributed by atoms with Gasteiger partial charge >= 0.3 is 0 Å². The predicted octanol–water partition coefficient (Wildman–Crippen LogP) is 29.0. The van der Waals surface area contributed by atoms with E-state index < -0.39 is 37.6 Å². The highest BCUT2D eigenvalue weighted by Gasteiger charge is 2.52. The van der Waals surface area contributed by atoms with Crippen LogP contribution in [-0.4, -0.2) is 31.0 Å². The zero-order valence-electron chi connectivity index (χ0n) is 77.8. The fraction of sp³-hybridized carbons (Fsp3) is 0.175. The van der Waals surface area contributed by atoms with Crippen LogP contribution in [0.4, 0.5) is 17.1 Å². The summed E-state index contributed by atoms with van der Waals surface area (Å²) in [5, 5.41) is 7.15. The van der Waals surface area contributed by atoms with Crippen molar-refractivity contribution in [2.45, 2.75) is 129 Å². The molecule has 4 atom stereocenters. The number of aromatic nitrogens is 4. The molecule has 6 heterocycles. The van der Waals surface area contributed by atoms with E-state index in [1.54, 1.807) is 4.57 Å². The molecule has 0 fully saturated rings. The Morgan fingerprint density at radius 1 is 0.455 bits per heavy atom. The third-order valence-corrected chi connectivity index (χ3v) is 26.7. The molecule has 4 unspecified atom stereocenters. The Balaban J connectivity index is 0.871. The molecule has 0 saturated carbocycles. The van der Waals surface area contributed by atoms with Gasteiger partial charge in [0.1, 0.15) is 0 Å². The highest BCUT2D eigenvalue weighted by molar-refractivity contribution is 6.89. The topological polar surface area (TPSA) is 26.2 Å². The fourth-order valence-corrected chi connectivity index (χ4v) is 20.9. The van der Waals surface area contributed by atoms with Crippen molar-refractivity contribution in [3.8, 4) is 44.8 Å². The first-order chi connectivity index (χ1) is 62.2. The Morgan fingerprint density at radius 3 is 1.66 bits per heavy atom. The van der Waals surface area contributed by atoms with Gasteiger partial charge in [0.2, 0.25) is 6.71 Å². The number of fused-ring (bicyclic) bond motifs is 15. The average Bonchev–Trinajstić information content (AvgIpc) is 1.39. The summed E-state index contributed by atoms with van der Waals surface area (Å²) in [6.07, 6.45) is 14.0. The summed E-state index contributed by atoms with van der Waals surface area (Å²) in [7, 11) is 0. The molecule has 121 heavy (non-hydrogen) atoms. The van der Waals surface area contributed by atoms with E-state index in [2.05, 4.69) is 389 Å². The molecule has 0 N–H and O–H groups in total. The van der Waals surface area contributed by atoms with Crippen molar-refractivity contribution < 1.29 is 11.0 Å². The Labute approximate surface area is 721 Å². The molecular formula is C114H97BN6. The summed E-state index contributed by atoms with van der Waals surface area (Å²) in [6, 6.07) is 96.2. The van der Waals surface area contributed by atoms with Crippen LogP contribution in [0.1, 0.15) is 145 Å². The standard InChI is InChI=1S/C114H97BN6/c1-112(2,3)78-50-57-103-93(63-78)94-64-79(113(4,5)6)51-58-104(94)119(103)85-70-108-110-109(71-85)121(111-91(74-36-18-12-19-37-74)65-80(114(7,8)9)66-92(111)75-38-20-13-21-39-75)107-69-83(117-100-47-29-24-42-88(100)89-43-25-30-48-101(89)117)53-56-97(107)115(110)96-55-52-82(68-106(96)120(108)84-61-76(72-32-14-10-15-33-72)60-77(62-84)73-34-16-11-17-35-73)118-102-49-31-26-44-90(102)95-67-81(54-59-105(95)118)116-98-45-27-22-40-86(98)87-41-23-28-46-99(87)116/h10-20,22-29,31-38,40-47,49-67,69,71,82,108H,21,30,39,48,68,70H2,1-9H3/i24D,25D,29D,30D,42D,43D,47D,48D. The maximum Gasteiger partial charge on any atom is 0.246 e. The van der Waals surface area contributed by atoms with Gasteiger partial charge < -0.3 is 28.1 Å². The summed E-state index contributed by atoms with van der Waals surface area (Å²) < 4.78 is 87.0. The molecule has 7 heteroatoms. The molecule has 0 radical (unpaired) electrons. The summed E-state index contributed by atoms with van der Waals surface area (Å²) in [4.78, 5) is 5.37. The molecule has 17 aromatic rings. The molecule has 6 aliphatic rings. The van der Waals surface area contributed by atoms with Gasteiger partial charge in [-0.15, -0.1) is 0 Å². The minimum atomic E-state index is -1.50. The summed E-state index contributed by atoms with van der Waals surface area (Å²) in [5.74, 6) is 0.